The van der Waals surface area contributed by atoms with Crippen molar-refractivity contribution in [3.05, 3.63) is 71.5 Å². The van der Waals surface area contributed by atoms with Gasteiger partial charge in [0.15, 0.2) is 0 Å². The van der Waals surface area contributed by atoms with E-state index in [1.807, 2.05) is 37.3 Å². The minimum Gasteiger partial charge on any atom is -0.394 e. The fraction of sp³-hybridized carbons (Fsp3) is 0.250. The molecule has 0 saturated carbocycles. The SMILES string of the molecule is CC(CO)(NCc1ccccc1)c1ccc(F)cc1. The first-order chi connectivity index (χ1) is 9.14. The van der Waals surface area contributed by atoms with Gasteiger partial charge in [-0.15, -0.1) is 0 Å². The summed E-state index contributed by atoms with van der Waals surface area (Å²) in [5.74, 6) is -0.271. The van der Waals surface area contributed by atoms with Crippen LogP contribution in [0.25, 0.3) is 0 Å². The van der Waals surface area contributed by atoms with Crippen LogP contribution in [0.2, 0.25) is 0 Å². The van der Waals surface area contributed by atoms with Gasteiger partial charge in [-0.2, -0.15) is 0 Å². The van der Waals surface area contributed by atoms with E-state index in [-0.39, 0.29) is 12.4 Å². The molecule has 2 nitrogen and oxygen atoms in total. The molecule has 0 spiro atoms. The maximum Gasteiger partial charge on any atom is 0.123 e. The van der Waals surface area contributed by atoms with Crippen molar-refractivity contribution in [2.24, 2.45) is 0 Å². The van der Waals surface area contributed by atoms with Gasteiger partial charge in [0.2, 0.25) is 0 Å². The standard InChI is InChI=1S/C16H18FNO/c1-16(12-19,14-7-9-15(17)10-8-14)18-11-13-5-3-2-4-6-13/h2-10,18-19H,11-12H2,1H3. The lowest BCUT2D eigenvalue weighted by atomic mass is 9.92. The quantitative estimate of drug-likeness (QED) is 0.865. The molecular formula is C16H18FNO. The molecule has 100 valence electrons. The van der Waals surface area contributed by atoms with Crippen LogP contribution < -0.4 is 5.32 Å². The Bertz CT molecular complexity index is 512. The third-order valence-corrected chi connectivity index (χ3v) is 3.32. The monoisotopic (exact) mass is 259 g/mol. The molecule has 0 aromatic heterocycles. The average Bonchev–Trinajstić information content (AvgIpc) is 2.46. The zero-order chi connectivity index (χ0) is 13.7. The zero-order valence-electron chi connectivity index (χ0n) is 10.9. The van der Waals surface area contributed by atoms with Crippen molar-refractivity contribution < 1.29 is 9.50 Å². The normalized spacial score (nSPS) is 14.1. The van der Waals surface area contributed by atoms with Gasteiger partial charge in [-0.05, 0) is 30.2 Å². The molecule has 1 unspecified atom stereocenters. The molecule has 2 N–H and O–H groups in total. The van der Waals surface area contributed by atoms with Crippen LogP contribution in [0.5, 0.6) is 0 Å². The molecule has 2 aromatic rings. The summed E-state index contributed by atoms with van der Waals surface area (Å²) in [7, 11) is 0. The van der Waals surface area contributed by atoms with E-state index in [4.69, 9.17) is 0 Å². The van der Waals surface area contributed by atoms with E-state index in [0.717, 1.165) is 11.1 Å². The molecule has 0 aliphatic rings. The smallest absolute Gasteiger partial charge is 0.123 e. The molecule has 0 radical (unpaired) electrons. The van der Waals surface area contributed by atoms with Crippen LogP contribution in [-0.4, -0.2) is 11.7 Å². The first-order valence-electron chi connectivity index (χ1n) is 6.30. The summed E-state index contributed by atoms with van der Waals surface area (Å²) in [6, 6.07) is 16.2. The highest BCUT2D eigenvalue weighted by Crippen LogP contribution is 2.21. The van der Waals surface area contributed by atoms with Crippen LogP contribution in [-0.2, 0) is 12.1 Å². The predicted octanol–water partition coefficient (Wildman–Crippen LogP) is 2.82. The average molecular weight is 259 g/mol. The molecule has 0 bridgehead atoms. The molecule has 0 saturated heterocycles. The van der Waals surface area contributed by atoms with Gasteiger partial charge < -0.3 is 10.4 Å². The van der Waals surface area contributed by atoms with Gasteiger partial charge in [0.25, 0.3) is 0 Å². The Morgan fingerprint density at radius 3 is 2.26 bits per heavy atom. The van der Waals surface area contributed by atoms with Gasteiger partial charge >= 0.3 is 0 Å². The van der Waals surface area contributed by atoms with Gasteiger partial charge in [-0.3, -0.25) is 0 Å². The highest BCUT2D eigenvalue weighted by molar-refractivity contribution is 5.25. The Balaban J connectivity index is 2.12. The summed E-state index contributed by atoms with van der Waals surface area (Å²) in [6.45, 7) is 2.50. The molecule has 1 atom stereocenters. The maximum atomic E-state index is 12.9. The van der Waals surface area contributed by atoms with Crippen molar-refractivity contribution in [2.75, 3.05) is 6.61 Å². The van der Waals surface area contributed by atoms with Crippen molar-refractivity contribution in [3.8, 4) is 0 Å². The Labute approximate surface area is 112 Å². The summed E-state index contributed by atoms with van der Waals surface area (Å²) in [4.78, 5) is 0. The minimum absolute atomic E-state index is 0.0501. The van der Waals surface area contributed by atoms with E-state index < -0.39 is 5.54 Å². The van der Waals surface area contributed by atoms with Gasteiger partial charge in [0.1, 0.15) is 5.82 Å². The molecule has 2 aromatic carbocycles. The number of rotatable bonds is 5. The zero-order valence-corrected chi connectivity index (χ0v) is 10.9. The van der Waals surface area contributed by atoms with Gasteiger partial charge in [-0.25, -0.2) is 4.39 Å². The fourth-order valence-corrected chi connectivity index (χ4v) is 1.96. The predicted molar refractivity (Wildman–Crippen MR) is 74.1 cm³/mol. The summed E-state index contributed by atoms with van der Waals surface area (Å²) >= 11 is 0. The van der Waals surface area contributed by atoms with Crippen molar-refractivity contribution in [3.63, 3.8) is 0 Å². The second-order valence-electron chi connectivity index (χ2n) is 4.84. The molecule has 2 rings (SSSR count). The van der Waals surface area contributed by atoms with Crippen LogP contribution >= 0.6 is 0 Å². The first-order valence-corrected chi connectivity index (χ1v) is 6.30. The number of hydrogen-bond acceptors (Lipinski definition) is 2. The first kappa shape index (κ1) is 13.7. The van der Waals surface area contributed by atoms with E-state index in [1.165, 1.54) is 12.1 Å². The molecule has 0 aliphatic carbocycles. The van der Waals surface area contributed by atoms with E-state index in [9.17, 15) is 9.50 Å². The minimum atomic E-state index is -0.580. The van der Waals surface area contributed by atoms with E-state index in [0.29, 0.717) is 6.54 Å². The lowest BCUT2D eigenvalue weighted by Gasteiger charge is -2.29. The highest BCUT2D eigenvalue weighted by Gasteiger charge is 2.24. The van der Waals surface area contributed by atoms with Gasteiger partial charge in [-0.1, -0.05) is 42.5 Å². The Morgan fingerprint density at radius 2 is 1.68 bits per heavy atom. The van der Waals surface area contributed by atoms with Crippen LogP contribution in [0, 0.1) is 5.82 Å². The van der Waals surface area contributed by atoms with E-state index >= 15 is 0 Å². The molecule has 0 amide bonds. The second kappa shape index (κ2) is 5.95. The number of aliphatic hydroxyl groups excluding tert-OH is 1. The summed E-state index contributed by atoms with van der Waals surface area (Å²) < 4.78 is 12.9. The van der Waals surface area contributed by atoms with Crippen molar-refractivity contribution >= 4 is 0 Å². The third kappa shape index (κ3) is 3.40. The Kier molecular flexibility index (Phi) is 4.30. The summed E-state index contributed by atoms with van der Waals surface area (Å²) in [5.41, 5.74) is 1.43. The third-order valence-electron chi connectivity index (χ3n) is 3.32. The van der Waals surface area contributed by atoms with Crippen LogP contribution in [0.1, 0.15) is 18.1 Å². The van der Waals surface area contributed by atoms with E-state index in [1.54, 1.807) is 12.1 Å². The summed E-state index contributed by atoms with van der Waals surface area (Å²) in [6.07, 6.45) is 0. The number of benzene rings is 2. The van der Waals surface area contributed by atoms with Crippen molar-refractivity contribution in [1.82, 2.24) is 5.32 Å². The van der Waals surface area contributed by atoms with Crippen molar-refractivity contribution in [2.45, 2.75) is 19.0 Å². The van der Waals surface area contributed by atoms with Crippen LogP contribution in [0.3, 0.4) is 0 Å². The lowest BCUT2D eigenvalue weighted by molar-refractivity contribution is 0.173. The maximum absolute atomic E-state index is 12.9. The summed E-state index contributed by atoms with van der Waals surface area (Å²) in [5, 5.41) is 13.0. The van der Waals surface area contributed by atoms with Crippen LogP contribution in [0.15, 0.2) is 54.6 Å². The second-order valence-corrected chi connectivity index (χ2v) is 4.84. The topological polar surface area (TPSA) is 32.3 Å². The molecule has 0 heterocycles. The largest absolute Gasteiger partial charge is 0.394 e. The number of aliphatic hydroxyl groups is 1. The van der Waals surface area contributed by atoms with E-state index in [2.05, 4.69) is 5.32 Å². The lowest BCUT2D eigenvalue weighted by Crippen LogP contribution is -2.42. The molecule has 3 heteroatoms. The number of halogens is 1. The van der Waals surface area contributed by atoms with Gasteiger partial charge in [0, 0.05) is 6.54 Å². The Morgan fingerprint density at radius 1 is 1.05 bits per heavy atom. The molecule has 0 aliphatic heterocycles. The van der Waals surface area contributed by atoms with Gasteiger partial charge in [0.05, 0.1) is 12.1 Å². The Hall–Kier alpha value is -1.71. The highest BCUT2D eigenvalue weighted by atomic mass is 19.1. The number of nitrogens with one attached hydrogen (secondary N) is 1. The number of hydrogen-bond donors (Lipinski definition) is 2. The van der Waals surface area contributed by atoms with Crippen molar-refractivity contribution in [1.29, 1.82) is 0 Å². The molecular weight excluding hydrogens is 241 g/mol. The fourth-order valence-electron chi connectivity index (χ4n) is 1.96. The molecule has 19 heavy (non-hydrogen) atoms. The molecule has 0 fully saturated rings. The van der Waals surface area contributed by atoms with Crippen LogP contribution in [0.4, 0.5) is 4.39 Å².